The molecule has 0 unspecified atom stereocenters. The van der Waals surface area contributed by atoms with Crippen molar-refractivity contribution in [3.8, 4) is 0 Å². The summed E-state index contributed by atoms with van der Waals surface area (Å²) >= 11 is 0. The van der Waals surface area contributed by atoms with Gasteiger partial charge in [-0.15, -0.1) is 0 Å². The number of anilines is 1. The number of nitrogen functional groups attached to an aromatic ring is 1. The Morgan fingerprint density at radius 1 is 1.47 bits per heavy atom. The van der Waals surface area contributed by atoms with Crippen molar-refractivity contribution in [1.82, 2.24) is 15.2 Å². The van der Waals surface area contributed by atoms with Crippen LogP contribution in [0.4, 0.5) is 5.82 Å². The highest BCUT2D eigenvalue weighted by molar-refractivity contribution is 5.42. The Kier molecular flexibility index (Phi) is 3.18. The van der Waals surface area contributed by atoms with Gasteiger partial charge in [0.05, 0.1) is 0 Å². The number of aromatic nitrogens is 1. The number of hydrogen-bond donors (Lipinski definition) is 2. The summed E-state index contributed by atoms with van der Waals surface area (Å²) in [5.74, 6) is 0.655. The fraction of sp³-hybridized carbons (Fsp3) is 0.545. The number of hydrogen-bond acceptors (Lipinski definition) is 4. The standard InChI is InChI=1S/C11H18N4/c1-9-10(2-3-14-11(9)12)8-15-6-4-13-5-7-15/h2-3,13H,4-8H2,1H3,(H2,12,14). The van der Waals surface area contributed by atoms with Crippen molar-refractivity contribution >= 4 is 5.82 Å². The van der Waals surface area contributed by atoms with Gasteiger partial charge in [0, 0.05) is 38.9 Å². The van der Waals surface area contributed by atoms with Crippen LogP contribution < -0.4 is 11.1 Å². The zero-order valence-electron chi connectivity index (χ0n) is 9.16. The van der Waals surface area contributed by atoms with Gasteiger partial charge in [-0.2, -0.15) is 0 Å². The van der Waals surface area contributed by atoms with Crippen LogP contribution in [-0.4, -0.2) is 36.1 Å². The molecule has 0 amide bonds. The van der Waals surface area contributed by atoms with E-state index in [9.17, 15) is 0 Å². The number of pyridine rings is 1. The first-order chi connectivity index (χ1) is 7.27. The second kappa shape index (κ2) is 4.59. The van der Waals surface area contributed by atoms with Gasteiger partial charge in [0.15, 0.2) is 0 Å². The number of piperazine rings is 1. The van der Waals surface area contributed by atoms with Crippen LogP contribution in [0.25, 0.3) is 0 Å². The average molecular weight is 206 g/mol. The molecule has 0 bridgehead atoms. The van der Waals surface area contributed by atoms with Gasteiger partial charge in [0.2, 0.25) is 0 Å². The van der Waals surface area contributed by atoms with Crippen LogP contribution in [0, 0.1) is 6.92 Å². The molecule has 0 saturated carbocycles. The Balaban J connectivity index is 2.06. The highest BCUT2D eigenvalue weighted by atomic mass is 15.2. The molecule has 3 N–H and O–H groups in total. The Morgan fingerprint density at radius 2 is 2.20 bits per heavy atom. The van der Waals surface area contributed by atoms with E-state index in [1.807, 2.05) is 6.92 Å². The van der Waals surface area contributed by atoms with Crippen LogP contribution in [0.2, 0.25) is 0 Å². The third-order valence-electron chi connectivity index (χ3n) is 2.96. The molecule has 2 heterocycles. The maximum atomic E-state index is 5.78. The quantitative estimate of drug-likeness (QED) is 0.734. The third-order valence-corrected chi connectivity index (χ3v) is 2.96. The minimum Gasteiger partial charge on any atom is -0.383 e. The van der Waals surface area contributed by atoms with Gasteiger partial charge >= 0.3 is 0 Å². The summed E-state index contributed by atoms with van der Waals surface area (Å²) in [7, 11) is 0. The smallest absolute Gasteiger partial charge is 0.126 e. The lowest BCUT2D eigenvalue weighted by atomic mass is 10.1. The molecule has 0 spiro atoms. The van der Waals surface area contributed by atoms with Crippen molar-refractivity contribution in [2.24, 2.45) is 0 Å². The van der Waals surface area contributed by atoms with Crippen molar-refractivity contribution in [2.75, 3.05) is 31.9 Å². The summed E-state index contributed by atoms with van der Waals surface area (Å²) < 4.78 is 0. The van der Waals surface area contributed by atoms with Crippen molar-refractivity contribution in [2.45, 2.75) is 13.5 Å². The minimum atomic E-state index is 0.655. The summed E-state index contributed by atoms with van der Waals surface area (Å²) in [6.45, 7) is 7.42. The fourth-order valence-electron chi connectivity index (χ4n) is 1.88. The second-order valence-corrected chi connectivity index (χ2v) is 4.01. The maximum Gasteiger partial charge on any atom is 0.126 e. The number of nitrogens with zero attached hydrogens (tertiary/aromatic N) is 2. The number of rotatable bonds is 2. The Labute approximate surface area is 90.5 Å². The molecule has 82 valence electrons. The van der Waals surface area contributed by atoms with Crippen molar-refractivity contribution in [3.63, 3.8) is 0 Å². The van der Waals surface area contributed by atoms with Gasteiger partial charge in [-0.1, -0.05) is 0 Å². The first-order valence-electron chi connectivity index (χ1n) is 5.40. The largest absolute Gasteiger partial charge is 0.383 e. The Morgan fingerprint density at radius 3 is 2.93 bits per heavy atom. The molecule has 4 heteroatoms. The first kappa shape index (κ1) is 10.4. The summed E-state index contributed by atoms with van der Waals surface area (Å²) in [5, 5.41) is 3.35. The normalized spacial score (nSPS) is 17.9. The van der Waals surface area contributed by atoms with Crippen molar-refractivity contribution in [1.29, 1.82) is 0 Å². The molecule has 1 aromatic rings. The lowest BCUT2D eigenvalue weighted by molar-refractivity contribution is 0.233. The molecule has 1 aliphatic rings. The van der Waals surface area contributed by atoms with E-state index in [1.165, 1.54) is 5.56 Å². The van der Waals surface area contributed by atoms with Gasteiger partial charge in [0.25, 0.3) is 0 Å². The van der Waals surface area contributed by atoms with Crippen LogP contribution in [0.1, 0.15) is 11.1 Å². The molecule has 0 aromatic carbocycles. The van der Waals surface area contributed by atoms with Crippen LogP contribution in [0.15, 0.2) is 12.3 Å². The number of nitrogens with two attached hydrogens (primary N) is 1. The van der Waals surface area contributed by atoms with Crippen molar-refractivity contribution in [3.05, 3.63) is 23.4 Å². The molecule has 15 heavy (non-hydrogen) atoms. The summed E-state index contributed by atoms with van der Waals surface area (Å²) in [6.07, 6.45) is 1.79. The zero-order valence-corrected chi connectivity index (χ0v) is 9.16. The first-order valence-corrected chi connectivity index (χ1v) is 5.40. The van der Waals surface area contributed by atoms with Crippen LogP contribution in [0.3, 0.4) is 0 Å². The monoisotopic (exact) mass is 206 g/mol. The van der Waals surface area contributed by atoms with E-state index in [-0.39, 0.29) is 0 Å². The summed E-state index contributed by atoms with van der Waals surface area (Å²) in [4.78, 5) is 6.52. The summed E-state index contributed by atoms with van der Waals surface area (Å²) in [6, 6.07) is 2.06. The molecule has 2 rings (SSSR count). The van der Waals surface area contributed by atoms with Gasteiger partial charge in [0.1, 0.15) is 5.82 Å². The van der Waals surface area contributed by atoms with E-state index in [1.54, 1.807) is 6.20 Å². The molecule has 1 aromatic heterocycles. The average Bonchev–Trinajstić information content (AvgIpc) is 2.26. The van der Waals surface area contributed by atoms with E-state index >= 15 is 0 Å². The van der Waals surface area contributed by atoms with Gasteiger partial charge in [-0.05, 0) is 24.1 Å². The molecule has 1 saturated heterocycles. The van der Waals surface area contributed by atoms with Gasteiger partial charge in [-0.25, -0.2) is 4.98 Å². The molecule has 1 fully saturated rings. The van der Waals surface area contributed by atoms with Crippen LogP contribution in [-0.2, 0) is 6.54 Å². The Hall–Kier alpha value is -1.13. The van der Waals surface area contributed by atoms with E-state index < -0.39 is 0 Å². The lowest BCUT2D eigenvalue weighted by Gasteiger charge is -2.27. The predicted molar refractivity (Wildman–Crippen MR) is 61.5 cm³/mol. The number of nitrogens with one attached hydrogen (secondary N) is 1. The maximum absolute atomic E-state index is 5.78. The molecule has 0 radical (unpaired) electrons. The topological polar surface area (TPSA) is 54.2 Å². The molecule has 4 nitrogen and oxygen atoms in total. The molecular formula is C11H18N4. The fourth-order valence-corrected chi connectivity index (χ4v) is 1.88. The van der Waals surface area contributed by atoms with E-state index in [2.05, 4.69) is 21.3 Å². The molecule has 1 aliphatic heterocycles. The minimum absolute atomic E-state index is 0.655. The van der Waals surface area contributed by atoms with E-state index in [0.29, 0.717) is 5.82 Å². The molecule has 0 aliphatic carbocycles. The SMILES string of the molecule is Cc1c(CN2CCNCC2)ccnc1N. The second-order valence-electron chi connectivity index (χ2n) is 4.01. The Bertz CT molecular complexity index is 331. The lowest BCUT2D eigenvalue weighted by Crippen LogP contribution is -2.43. The van der Waals surface area contributed by atoms with Crippen molar-refractivity contribution < 1.29 is 0 Å². The van der Waals surface area contributed by atoms with Crippen LogP contribution in [0.5, 0.6) is 0 Å². The summed E-state index contributed by atoms with van der Waals surface area (Å²) in [5.41, 5.74) is 8.20. The van der Waals surface area contributed by atoms with E-state index in [0.717, 1.165) is 38.3 Å². The van der Waals surface area contributed by atoms with Crippen LogP contribution >= 0.6 is 0 Å². The van der Waals surface area contributed by atoms with Gasteiger partial charge in [-0.3, -0.25) is 4.90 Å². The molecule has 0 atom stereocenters. The zero-order chi connectivity index (χ0) is 10.7. The highest BCUT2D eigenvalue weighted by Gasteiger charge is 2.11. The third kappa shape index (κ3) is 2.46. The highest BCUT2D eigenvalue weighted by Crippen LogP contribution is 2.14. The van der Waals surface area contributed by atoms with Gasteiger partial charge < -0.3 is 11.1 Å². The predicted octanol–water partition coefficient (Wildman–Crippen LogP) is 0.377. The van der Waals surface area contributed by atoms with E-state index in [4.69, 9.17) is 5.73 Å². The molecular weight excluding hydrogens is 188 g/mol.